The van der Waals surface area contributed by atoms with Gasteiger partial charge in [-0.15, -0.1) is 0 Å². The zero-order chi connectivity index (χ0) is 34.5. The quantitative estimate of drug-likeness (QED) is 0.190. The molecule has 0 amide bonds. The summed E-state index contributed by atoms with van der Waals surface area (Å²) < 4.78 is 0. The second kappa shape index (κ2) is 12.9. The molecule has 8 heteroatoms. The Hall–Kier alpha value is -5.72. The first-order chi connectivity index (χ1) is 25.0. The van der Waals surface area contributed by atoms with E-state index in [0.29, 0.717) is 15.1 Å². The van der Waals surface area contributed by atoms with Crippen LogP contribution >= 0.6 is 34.8 Å². The van der Waals surface area contributed by atoms with Crippen molar-refractivity contribution in [3.63, 3.8) is 0 Å². The molecule has 3 aromatic carbocycles. The molecule has 0 unspecified atom stereocenters. The molecule has 0 atom stereocenters. The molecule has 0 radical (unpaired) electrons. The van der Waals surface area contributed by atoms with Crippen LogP contribution in [0, 0.1) is 0 Å². The van der Waals surface area contributed by atoms with Crippen molar-refractivity contribution in [3.05, 3.63) is 159 Å². The Morgan fingerprint density at radius 2 is 0.608 bits per heavy atom. The Balaban J connectivity index is 1.47. The summed E-state index contributed by atoms with van der Waals surface area (Å²) in [6, 6.07) is 36.0. The molecule has 8 bridgehead atoms. The number of aromatic nitrogens is 5. The highest BCUT2D eigenvalue weighted by Crippen LogP contribution is 2.38. The number of hydrogen-bond donors (Lipinski definition) is 2. The molecule has 0 spiro atoms. The standard InChI is InChI=1S/C43H26Cl3N5/c44-29-7-1-25(2-8-29)40-32-13-15-34(48-32)41(26-3-9-30(45)10-4-26)36-17-19-38(50-36)43(28-21-23-47-24-22-28)39-20-18-37(51-39)42(35-16-14-33(40)49-35)27-5-11-31(46)12-6-27/h1-24,48,51H. The molecule has 9 rings (SSSR count). The van der Waals surface area contributed by atoms with Crippen LogP contribution in [0.2, 0.25) is 15.1 Å². The molecule has 5 nitrogen and oxygen atoms in total. The van der Waals surface area contributed by atoms with Gasteiger partial charge in [-0.3, -0.25) is 4.98 Å². The third-order valence-corrected chi connectivity index (χ3v) is 9.88. The van der Waals surface area contributed by atoms with E-state index in [9.17, 15) is 0 Å². The van der Waals surface area contributed by atoms with E-state index in [2.05, 4.69) is 63.5 Å². The number of pyridine rings is 1. The van der Waals surface area contributed by atoms with E-state index in [1.165, 1.54) is 0 Å². The van der Waals surface area contributed by atoms with Crippen LogP contribution in [0.25, 0.3) is 90.9 Å². The van der Waals surface area contributed by atoms with Crippen LogP contribution in [0.3, 0.4) is 0 Å². The zero-order valence-corrected chi connectivity index (χ0v) is 29.1. The van der Waals surface area contributed by atoms with Gasteiger partial charge in [0.1, 0.15) is 0 Å². The molecule has 0 saturated heterocycles. The summed E-state index contributed by atoms with van der Waals surface area (Å²) in [6.07, 6.45) is 11.9. The minimum atomic E-state index is 0.663. The molecule has 0 fully saturated rings. The summed E-state index contributed by atoms with van der Waals surface area (Å²) in [4.78, 5) is 22.4. The molecule has 244 valence electrons. The second-order valence-corrected chi connectivity index (χ2v) is 13.6. The Labute approximate surface area is 308 Å². The lowest BCUT2D eigenvalue weighted by Crippen LogP contribution is -1.90. The number of rotatable bonds is 4. The summed E-state index contributed by atoms with van der Waals surface area (Å²) >= 11 is 19.1. The maximum Gasteiger partial charge on any atom is 0.0737 e. The highest BCUT2D eigenvalue weighted by atomic mass is 35.5. The van der Waals surface area contributed by atoms with Gasteiger partial charge in [-0.05, 0) is 119 Å². The van der Waals surface area contributed by atoms with Gasteiger partial charge < -0.3 is 9.97 Å². The molecule has 4 aromatic heterocycles. The Kier molecular flexibility index (Phi) is 7.89. The molecule has 6 heterocycles. The SMILES string of the molecule is Clc1ccc(-c2c3nc(c(-c4ccc(Cl)cc4)c4ccc([nH]4)c(-c4ccc(Cl)cc4)c4nc(c(-c5ccncc5)c5ccc2[nH]5)C=C4)C=C3)cc1. The fourth-order valence-electron chi connectivity index (χ4n) is 6.79. The van der Waals surface area contributed by atoms with Crippen LogP contribution in [-0.4, -0.2) is 24.9 Å². The summed E-state index contributed by atoms with van der Waals surface area (Å²) in [5.74, 6) is 0. The number of nitrogens with one attached hydrogen (secondary N) is 2. The van der Waals surface area contributed by atoms with E-state index in [1.54, 1.807) is 12.4 Å². The average Bonchev–Trinajstić information content (AvgIpc) is 3.99. The fraction of sp³-hybridized carbons (Fsp3) is 0. The van der Waals surface area contributed by atoms with Gasteiger partial charge in [-0.1, -0.05) is 71.2 Å². The molecule has 2 aliphatic rings. The van der Waals surface area contributed by atoms with Crippen LogP contribution in [-0.2, 0) is 0 Å². The van der Waals surface area contributed by atoms with Crippen LogP contribution in [0.1, 0.15) is 22.8 Å². The number of nitrogens with zero attached hydrogens (tertiary/aromatic N) is 3. The van der Waals surface area contributed by atoms with Crippen molar-refractivity contribution in [3.8, 4) is 44.5 Å². The molecular formula is C43H26Cl3N5. The number of H-pyrrole nitrogens is 2. The maximum absolute atomic E-state index is 6.36. The van der Waals surface area contributed by atoms with Gasteiger partial charge in [-0.25, -0.2) is 9.97 Å². The Morgan fingerprint density at radius 1 is 0.333 bits per heavy atom. The molecule has 2 N–H and O–H groups in total. The minimum Gasteiger partial charge on any atom is -0.354 e. The van der Waals surface area contributed by atoms with Crippen molar-refractivity contribution in [2.75, 3.05) is 0 Å². The van der Waals surface area contributed by atoms with Crippen LogP contribution in [0.5, 0.6) is 0 Å². The lowest BCUT2D eigenvalue weighted by atomic mass is 10.0. The van der Waals surface area contributed by atoms with E-state index >= 15 is 0 Å². The minimum absolute atomic E-state index is 0.663. The molecular weight excluding hydrogens is 693 g/mol. The topological polar surface area (TPSA) is 70.2 Å². The van der Waals surface area contributed by atoms with Crippen molar-refractivity contribution in [1.29, 1.82) is 0 Å². The van der Waals surface area contributed by atoms with Crippen molar-refractivity contribution >= 4 is 81.2 Å². The van der Waals surface area contributed by atoms with E-state index in [4.69, 9.17) is 44.8 Å². The van der Waals surface area contributed by atoms with Gasteiger partial charge in [0.25, 0.3) is 0 Å². The smallest absolute Gasteiger partial charge is 0.0737 e. The number of halogens is 3. The number of aromatic amines is 2. The lowest BCUT2D eigenvalue weighted by Gasteiger charge is -2.07. The number of hydrogen-bond acceptors (Lipinski definition) is 3. The van der Waals surface area contributed by atoms with Crippen molar-refractivity contribution in [2.24, 2.45) is 0 Å². The molecule has 0 aliphatic carbocycles. The number of fused-ring (bicyclic) bond motifs is 8. The average molecular weight is 719 g/mol. The predicted octanol–water partition coefficient (Wildman–Crippen LogP) is 12.7. The summed E-state index contributed by atoms with van der Waals surface area (Å²) in [5.41, 5.74) is 14.6. The monoisotopic (exact) mass is 717 g/mol. The normalized spacial score (nSPS) is 12.1. The number of benzene rings is 3. The second-order valence-electron chi connectivity index (χ2n) is 12.3. The lowest BCUT2D eigenvalue weighted by molar-refractivity contribution is 1.30. The van der Waals surface area contributed by atoms with Crippen LogP contribution in [0.4, 0.5) is 0 Å². The molecule has 51 heavy (non-hydrogen) atoms. The van der Waals surface area contributed by atoms with Gasteiger partial charge in [-0.2, -0.15) is 0 Å². The first-order valence-corrected chi connectivity index (χ1v) is 17.5. The largest absolute Gasteiger partial charge is 0.354 e. The Morgan fingerprint density at radius 3 is 0.902 bits per heavy atom. The van der Waals surface area contributed by atoms with E-state index < -0.39 is 0 Å². The summed E-state index contributed by atoms with van der Waals surface area (Å²) in [6.45, 7) is 0. The van der Waals surface area contributed by atoms with E-state index in [-0.39, 0.29) is 0 Å². The zero-order valence-electron chi connectivity index (χ0n) is 26.8. The van der Waals surface area contributed by atoms with Crippen molar-refractivity contribution in [2.45, 2.75) is 0 Å². The van der Waals surface area contributed by atoms with Crippen LogP contribution < -0.4 is 0 Å². The Bertz CT molecular complexity index is 2650. The van der Waals surface area contributed by atoms with E-state index in [0.717, 1.165) is 89.4 Å². The summed E-state index contributed by atoms with van der Waals surface area (Å²) in [5, 5.41) is 1.99. The third kappa shape index (κ3) is 5.85. The highest BCUT2D eigenvalue weighted by molar-refractivity contribution is 6.31. The van der Waals surface area contributed by atoms with Crippen LogP contribution in [0.15, 0.2) is 122 Å². The first-order valence-electron chi connectivity index (χ1n) is 16.3. The van der Waals surface area contributed by atoms with Gasteiger partial charge >= 0.3 is 0 Å². The maximum atomic E-state index is 6.36. The highest BCUT2D eigenvalue weighted by Gasteiger charge is 2.19. The molecule has 0 saturated carbocycles. The van der Waals surface area contributed by atoms with E-state index in [1.807, 2.05) is 84.9 Å². The fourth-order valence-corrected chi connectivity index (χ4v) is 7.17. The predicted molar refractivity (Wildman–Crippen MR) is 213 cm³/mol. The molecule has 7 aromatic rings. The third-order valence-electron chi connectivity index (χ3n) is 9.12. The summed E-state index contributed by atoms with van der Waals surface area (Å²) in [7, 11) is 0. The molecule has 2 aliphatic heterocycles. The van der Waals surface area contributed by atoms with Crippen molar-refractivity contribution < 1.29 is 0 Å². The van der Waals surface area contributed by atoms with Gasteiger partial charge in [0.2, 0.25) is 0 Å². The van der Waals surface area contributed by atoms with Crippen molar-refractivity contribution in [1.82, 2.24) is 24.9 Å². The van der Waals surface area contributed by atoms with Gasteiger partial charge in [0.15, 0.2) is 0 Å². The van der Waals surface area contributed by atoms with Gasteiger partial charge in [0, 0.05) is 71.8 Å². The first kappa shape index (κ1) is 31.3. The van der Waals surface area contributed by atoms with Gasteiger partial charge in [0.05, 0.1) is 22.8 Å².